The molecule has 96 valence electrons. The van der Waals surface area contributed by atoms with E-state index in [2.05, 4.69) is 5.32 Å². The van der Waals surface area contributed by atoms with Gasteiger partial charge in [-0.05, 0) is 62.8 Å². The van der Waals surface area contributed by atoms with E-state index in [4.69, 9.17) is 5.73 Å². The summed E-state index contributed by atoms with van der Waals surface area (Å²) in [5.74, 6) is 2.63. The fraction of sp³-hybridized carbons (Fsp3) is 0.929. The molecule has 3 fully saturated rings. The van der Waals surface area contributed by atoms with Crippen molar-refractivity contribution in [3.63, 3.8) is 0 Å². The third-order valence-electron chi connectivity index (χ3n) is 4.85. The highest BCUT2D eigenvalue weighted by Gasteiger charge is 2.46. The van der Waals surface area contributed by atoms with Gasteiger partial charge >= 0.3 is 0 Å². The van der Waals surface area contributed by atoms with Gasteiger partial charge in [0.1, 0.15) is 0 Å². The Labute approximate surface area is 104 Å². The Kier molecular flexibility index (Phi) is 3.12. The summed E-state index contributed by atoms with van der Waals surface area (Å²) >= 11 is 0. The van der Waals surface area contributed by atoms with Gasteiger partial charge in [0.15, 0.2) is 0 Å². The van der Waals surface area contributed by atoms with Gasteiger partial charge in [-0.25, -0.2) is 0 Å². The molecule has 3 N–H and O–H groups in total. The van der Waals surface area contributed by atoms with Crippen molar-refractivity contribution in [1.82, 2.24) is 5.32 Å². The van der Waals surface area contributed by atoms with Crippen molar-refractivity contribution in [2.45, 2.75) is 51.0 Å². The first-order chi connectivity index (χ1) is 8.29. The van der Waals surface area contributed by atoms with Crippen LogP contribution in [0, 0.1) is 23.7 Å². The molecule has 0 aromatic carbocycles. The molecule has 3 saturated carbocycles. The molecule has 3 nitrogen and oxygen atoms in total. The molecule has 0 aromatic rings. The zero-order valence-corrected chi connectivity index (χ0v) is 10.5. The lowest BCUT2D eigenvalue weighted by Gasteiger charge is -2.23. The lowest BCUT2D eigenvalue weighted by atomic mass is 9.95. The molecule has 1 amide bonds. The molecular formula is C14H24N2O. The molecular weight excluding hydrogens is 212 g/mol. The predicted molar refractivity (Wildman–Crippen MR) is 67.3 cm³/mol. The summed E-state index contributed by atoms with van der Waals surface area (Å²) in [6.07, 6.45) is 8.66. The summed E-state index contributed by atoms with van der Waals surface area (Å²) < 4.78 is 0. The number of nitrogens with two attached hydrogens (primary N) is 1. The second-order valence-corrected chi connectivity index (χ2v) is 6.24. The van der Waals surface area contributed by atoms with Crippen LogP contribution in [0.15, 0.2) is 0 Å². The first kappa shape index (κ1) is 11.5. The van der Waals surface area contributed by atoms with Crippen LogP contribution in [0.2, 0.25) is 0 Å². The average Bonchev–Trinajstić information content (AvgIpc) is 3.22. The molecule has 0 saturated heterocycles. The van der Waals surface area contributed by atoms with Gasteiger partial charge < -0.3 is 11.1 Å². The van der Waals surface area contributed by atoms with Crippen LogP contribution in [0.3, 0.4) is 0 Å². The third kappa shape index (κ3) is 2.49. The van der Waals surface area contributed by atoms with Gasteiger partial charge in [0.25, 0.3) is 0 Å². The second kappa shape index (κ2) is 4.60. The van der Waals surface area contributed by atoms with Crippen molar-refractivity contribution in [1.29, 1.82) is 0 Å². The summed E-state index contributed by atoms with van der Waals surface area (Å²) in [6, 6.07) is 0.368. The van der Waals surface area contributed by atoms with Crippen molar-refractivity contribution in [3.05, 3.63) is 0 Å². The SMILES string of the molecule is NCC1CCCC1NC(=O)C(C1CC1)C1CC1. The van der Waals surface area contributed by atoms with E-state index in [9.17, 15) is 4.79 Å². The number of carbonyl (C=O) groups is 1. The van der Waals surface area contributed by atoms with Crippen molar-refractivity contribution in [2.24, 2.45) is 29.4 Å². The fourth-order valence-electron chi connectivity index (χ4n) is 3.51. The quantitative estimate of drug-likeness (QED) is 0.763. The number of hydrogen-bond donors (Lipinski definition) is 2. The minimum Gasteiger partial charge on any atom is -0.353 e. The lowest BCUT2D eigenvalue weighted by Crippen LogP contribution is -2.43. The van der Waals surface area contributed by atoms with E-state index in [-0.39, 0.29) is 0 Å². The molecule has 0 spiro atoms. The Balaban J connectivity index is 1.57. The highest BCUT2D eigenvalue weighted by molar-refractivity contribution is 5.80. The summed E-state index contributed by atoms with van der Waals surface area (Å²) in [5, 5.41) is 3.30. The predicted octanol–water partition coefficient (Wildman–Crippen LogP) is 1.67. The first-order valence-electron chi connectivity index (χ1n) is 7.30. The standard InChI is InChI=1S/C14H24N2O/c15-8-11-2-1-3-12(11)16-14(17)13(9-4-5-9)10-6-7-10/h9-13H,1-8,15H2,(H,16,17). The van der Waals surface area contributed by atoms with Gasteiger partial charge in [0.05, 0.1) is 0 Å². The molecule has 0 heterocycles. The Morgan fingerprint density at radius 3 is 2.29 bits per heavy atom. The second-order valence-electron chi connectivity index (χ2n) is 6.24. The van der Waals surface area contributed by atoms with Crippen LogP contribution in [0.1, 0.15) is 44.9 Å². The Hall–Kier alpha value is -0.570. The van der Waals surface area contributed by atoms with Gasteiger partial charge in [-0.3, -0.25) is 4.79 Å². The molecule has 3 heteroatoms. The van der Waals surface area contributed by atoms with Crippen LogP contribution in [0.25, 0.3) is 0 Å². The fourth-order valence-corrected chi connectivity index (χ4v) is 3.51. The summed E-state index contributed by atoms with van der Waals surface area (Å²) in [5.41, 5.74) is 5.77. The van der Waals surface area contributed by atoms with Crippen LogP contribution in [-0.2, 0) is 4.79 Å². The highest BCUT2D eigenvalue weighted by Crippen LogP contribution is 2.49. The van der Waals surface area contributed by atoms with E-state index in [1.54, 1.807) is 0 Å². The van der Waals surface area contributed by atoms with E-state index < -0.39 is 0 Å². The Bertz CT molecular complexity index is 285. The highest BCUT2D eigenvalue weighted by atomic mass is 16.2. The maximum Gasteiger partial charge on any atom is 0.223 e. The number of rotatable bonds is 5. The van der Waals surface area contributed by atoms with Gasteiger partial charge in [0.2, 0.25) is 5.91 Å². The molecule has 2 atom stereocenters. The Morgan fingerprint density at radius 1 is 1.12 bits per heavy atom. The van der Waals surface area contributed by atoms with Crippen LogP contribution in [-0.4, -0.2) is 18.5 Å². The topological polar surface area (TPSA) is 55.1 Å². The van der Waals surface area contributed by atoms with Crippen LogP contribution < -0.4 is 11.1 Å². The summed E-state index contributed by atoms with van der Waals surface area (Å²) in [6.45, 7) is 0.725. The number of nitrogens with one attached hydrogen (secondary N) is 1. The van der Waals surface area contributed by atoms with E-state index in [1.165, 1.54) is 38.5 Å². The van der Waals surface area contributed by atoms with Gasteiger partial charge in [0, 0.05) is 12.0 Å². The largest absolute Gasteiger partial charge is 0.353 e. The van der Waals surface area contributed by atoms with E-state index >= 15 is 0 Å². The van der Waals surface area contributed by atoms with Gasteiger partial charge in [-0.15, -0.1) is 0 Å². The molecule has 0 radical (unpaired) electrons. The van der Waals surface area contributed by atoms with Gasteiger partial charge in [-0.2, -0.15) is 0 Å². The average molecular weight is 236 g/mol. The Morgan fingerprint density at radius 2 is 1.76 bits per heavy atom. The van der Waals surface area contributed by atoms with Gasteiger partial charge in [-0.1, -0.05) is 6.42 Å². The van der Waals surface area contributed by atoms with Crippen LogP contribution in [0.4, 0.5) is 0 Å². The molecule has 3 aliphatic rings. The molecule has 3 aliphatic carbocycles. The first-order valence-corrected chi connectivity index (χ1v) is 7.30. The van der Waals surface area contributed by atoms with Crippen LogP contribution in [0.5, 0.6) is 0 Å². The zero-order valence-electron chi connectivity index (χ0n) is 10.5. The van der Waals surface area contributed by atoms with Crippen LogP contribution >= 0.6 is 0 Å². The maximum atomic E-state index is 12.4. The molecule has 3 rings (SSSR count). The summed E-state index contributed by atoms with van der Waals surface area (Å²) in [7, 11) is 0. The lowest BCUT2D eigenvalue weighted by molar-refractivity contribution is -0.127. The summed E-state index contributed by atoms with van der Waals surface area (Å²) in [4.78, 5) is 12.4. The molecule has 0 bridgehead atoms. The molecule has 0 aliphatic heterocycles. The molecule has 2 unspecified atom stereocenters. The van der Waals surface area contributed by atoms with E-state index in [1.807, 2.05) is 0 Å². The smallest absolute Gasteiger partial charge is 0.223 e. The third-order valence-corrected chi connectivity index (χ3v) is 4.85. The monoisotopic (exact) mass is 236 g/mol. The minimum absolute atomic E-state index is 0.342. The van der Waals surface area contributed by atoms with E-state index in [0.717, 1.165) is 13.0 Å². The molecule has 17 heavy (non-hydrogen) atoms. The zero-order chi connectivity index (χ0) is 11.8. The van der Waals surface area contributed by atoms with Crippen molar-refractivity contribution < 1.29 is 4.79 Å². The number of hydrogen-bond acceptors (Lipinski definition) is 2. The maximum absolute atomic E-state index is 12.4. The minimum atomic E-state index is 0.342. The van der Waals surface area contributed by atoms with Crippen molar-refractivity contribution >= 4 is 5.91 Å². The number of amides is 1. The molecule has 0 aromatic heterocycles. The van der Waals surface area contributed by atoms with Crippen molar-refractivity contribution in [2.75, 3.05) is 6.54 Å². The van der Waals surface area contributed by atoms with Crippen molar-refractivity contribution in [3.8, 4) is 0 Å². The van der Waals surface area contributed by atoms with E-state index in [0.29, 0.717) is 35.6 Å². The number of carbonyl (C=O) groups excluding carboxylic acids is 1. The normalized spacial score (nSPS) is 33.1.